The van der Waals surface area contributed by atoms with Crippen molar-refractivity contribution in [3.8, 4) is 10.7 Å². The van der Waals surface area contributed by atoms with E-state index in [1.54, 1.807) is 11.3 Å². The minimum Gasteiger partial charge on any atom is -0.325 e. The van der Waals surface area contributed by atoms with Crippen LogP contribution in [0.15, 0.2) is 46.9 Å². The molecule has 2 aromatic heterocycles. The lowest BCUT2D eigenvalue weighted by molar-refractivity contribution is -0.113. The molecule has 0 saturated heterocycles. The minimum absolute atomic E-state index is 0.0374. The number of nitrogens with one attached hydrogen (secondary N) is 1. The van der Waals surface area contributed by atoms with E-state index in [0.717, 1.165) is 34.5 Å². The Morgan fingerprint density at radius 3 is 2.67 bits per heavy atom. The molecule has 0 unspecified atom stereocenters. The molecule has 0 aliphatic heterocycles. The monoisotopic (exact) mass is 400 g/mol. The van der Waals surface area contributed by atoms with E-state index < -0.39 is 0 Å². The molecule has 0 bridgehead atoms. The number of aryl methyl sites for hydroxylation is 1. The van der Waals surface area contributed by atoms with Gasteiger partial charge in [-0.1, -0.05) is 43.3 Å². The third-order valence-electron chi connectivity index (χ3n) is 4.16. The topological polar surface area (TPSA) is 59.8 Å². The Labute approximate surface area is 168 Å². The van der Waals surface area contributed by atoms with Crippen molar-refractivity contribution in [2.45, 2.75) is 44.8 Å². The highest BCUT2D eigenvalue weighted by molar-refractivity contribution is 7.99. The number of rotatable bonds is 9. The van der Waals surface area contributed by atoms with E-state index in [-0.39, 0.29) is 5.91 Å². The first-order valence-electron chi connectivity index (χ1n) is 9.20. The van der Waals surface area contributed by atoms with Gasteiger partial charge in [0.15, 0.2) is 11.0 Å². The quantitative estimate of drug-likeness (QED) is 0.508. The molecule has 1 amide bonds. The summed E-state index contributed by atoms with van der Waals surface area (Å²) in [4.78, 5) is 13.4. The van der Waals surface area contributed by atoms with Gasteiger partial charge < -0.3 is 9.88 Å². The number of hydrogen-bond donors (Lipinski definition) is 1. The Morgan fingerprint density at radius 2 is 2.00 bits per heavy atom. The Balaban J connectivity index is 1.56. The molecule has 0 fully saturated rings. The molecule has 0 saturated carbocycles. The summed E-state index contributed by atoms with van der Waals surface area (Å²) in [6.07, 6.45) is 3.46. The molecule has 0 radical (unpaired) electrons. The molecule has 0 spiro atoms. The Morgan fingerprint density at radius 1 is 1.19 bits per heavy atom. The van der Waals surface area contributed by atoms with Crippen molar-refractivity contribution in [3.63, 3.8) is 0 Å². The number of nitrogens with zero attached hydrogens (tertiary/aromatic N) is 3. The van der Waals surface area contributed by atoms with Crippen molar-refractivity contribution in [1.82, 2.24) is 14.8 Å². The van der Waals surface area contributed by atoms with Crippen LogP contribution in [0.25, 0.3) is 10.7 Å². The van der Waals surface area contributed by atoms with Crippen LogP contribution in [0.4, 0.5) is 5.69 Å². The van der Waals surface area contributed by atoms with Crippen molar-refractivity contribution in [1.29, 1.82) is 0 Å². The number of carbonyl (C=O) groups is 1. The second-order valence-corrected chi connectivity index (χ2v) is 8.06. The third-order valence-corrected chi connectivity index (χ3v) is 6.00. The number of unbranched alkanes of at least 4 members (excludes halogenated alkanes) is 1. The van der Waals surface area contributed by atoms with E-state index in [0.29, 0.717) is 5.75 Å². The van der Waals surface area contributed by atoms with Gasteiger partial charge in [0.25, 0.3) is 0 Å². The molecule has 3 aromatic rings. The number of thioether (sulfide) groups is 1. The second kappa shape index (κ2) is 9.71. The molecule has 0 atom stereocenters. The van der Waals surface area contributed by atoms with Gasteiger partial charge in [0.1, 0.15) is 0 Å². The van der Waals surface area contributed by atoms with Crippen LogP contribution in [0.3, 0.4) is 0 Å². The maximum Gasteiger partial charge on any atom is 0.234 e. The van der Waals surface area contributed by atoms with Gasteiger partial charge in [0.2, 0.25) is 5.91 Å². The van der Waals surface area contributed by atoms with Gasteiger partial charge in [-0.25, -0.2) is 0 Å². The number of benzene rings is 1. The lowest BCUT2D eigenvalue weighted by Gasteiger charge is -2.08. The first-order valence-corrected chi connectivity index (χ1v) is 11.1. The van der Waals surface area contributed by atoms with Crippen molar-refractivity contribution < 1.29 is 4.79 Å². The van der Waals surface area contributed by atoms with Crippen LogP contribution in [0.5, 0.6) is 0 Å². The second-order valence-electron chi connectivity index (χ2n) is 6.17. The summed E-state index contributed by atoms with van der Waals surface area (Å²) in [6, 6.07) is 12.1. The minimum atomic E-state index is -0.0374. The van der Waals surface area contributed by atoms with Crippen LogP contribution >= 0.6 is 23.1 Å². The van der Waals surface area contributed by atoms with Gasteiger partial charge in [0, 0.05) is 12.2 Å². The fourth-order valence-electron chi connectivity index (χ4n) is 2.73. The normalized spacial score (nSPS) is 10.9. The SMILES string of the molecule is CCCCc1ccc(NC(=O)CSc2nnc(-c3cccs3)n2CC)cc1. The highest BCUT2D eigenvalue weighted by Crippen LogP contribution is 2.27. The predicted molar refractivity (Wildman–Crippen MR) is 113 cm³/mol. The zero-order valence-corrected chi connectivity index (χ0v) is 17.3. The maximum atomic E-state index is 12.3. The Bertz CT molecular complexity index is 857. The van der Waals surface area contributed by atoms with E-state index in [1.165, 1.54) is 30.2 Å². The number of thiophene rings is 1. The lowest BCUT2D eigenvalue weighted by Crippen LogP contribution is -2.14. The lowest BCUT2D eigenvalue weighted by atomic mass is 10.1. The van der Waals surface area contributed by atoms with Crippen molar-refractivity contribution >= 4 is 34.7 Å². The molecular weight excluding hydrogens is 376 g/mol. The first-order chi connectivity index (χ1) is 13.2. The molecule has 0 aliphatic rings. The van der Waals surface area contributed by atoms with Gasteiger partial charge in [-0.05, 0) is 48.9 Å². The number of hydrogen-bond acceptors (Lipinski definition) is 5. The average Bonchev–Trinajstić information content (AvgIpc) is 3.34. The zero-order valence-electron chi connectivity index (χ0n) is 15.6. The number of carbonyl (C=O) groups excluding carboxylic acids is 1. The van der Waals surface area contributed by atoms with Gasteiger partial charge >= 0.3 is 0 Å². The summed E-state index contributed by atoms with van der Waals surface area (Å²) in [7, 11) is 0. The summed E-state index contributed by atoms with van der Waals surface area (Å²) < 4.78 is 2.05. The third kappa shape index (κ3) is 5.20. The van der Waals surface area contributed by atoms with Crippen molar-refractivity contribution in [2.24, 2.45) is 0 Å². The summed E-state index contributed by atoms with van der Waals surface area (Å²) in [6.45, 7) is 5.02. The van der Waals surface area contributed by atoms with Gasteiger partial charge in [-0.15, -0.1) is 21.5 Å². The largest absolute Gasteiger partial charge is 0.325 e. The molecule has 0 aliphatic carbocycles. The highest BCUT2D eigenvalue weighted by atomic mass is 32.2. The van der Waals surface area contributed by atoms with Gasteiger partial charge in [0.05, 0.1) is 10.6 Å². The number of anilines is 1. The fourth-order valence-corrected chi connectivity index (χ4v) is 4.25. The molecule has 142 valence electrons. The summed E-state index contributed by atoms with van der Waals surface area (Å²) in [5, 5.41) is 14.3. The molecule has 2 heterocycles. The van der Waals surface area contributed by atoms with Crippen LogP contribution in [0.1, 0.15) is 32.3 Å². The van der Waals surface area contributed by atoms with E-state index >= 15 is 0 Å². The summed E-state index contributed by atoms with van der Waals surface area (Å²) in [5.41, 5.74) is 2.14. The van der Waals surface area contributed by atoms with Crippen LogP contribution in [-0.2, 0) is 17.8 Å². The molecule has 1 N–H and O–H groups in total. The smallest absolute Gasteiger partial charge is 0.234 e. The van der Waals surface area contributed by atoms with Crippen LogP contribution < -0.4 is 5.32 Å². The van der Waals surface area contributed by atoms with E-state index in [9.17, 15) is 4.79 Å². The molecular formula is C20H24N4OS2. The zero-order chi connectivity index (χ0) is 19.1. The van der Waals surface area contributed by atoms with Crippen LogP contribution in [-0.4, -0.2) is 26.4 Å². The van der Waals surface area contributed by atoms with Gasteiger partial charge in [-0.2, -0.15) is 0 Å². The standard InChI is InChI=1S/C20H24N4OS2/c1-3-5-7-15-9-11-16(12-10-15)21-18(25)14-27-20-23-22-19(24(20)4-2)17-8-6-13-26-17/h6,8-13H,3-5,7,14H2,1-2H3,(H,21,25). The Hall–Kier alpha value is -2.12. The number of aromatic nitrogens is 3. The van der Waals surface area contributed by atoms with Crippen LogP contribution in [0, 0.1) is 0 Å². The first kappa shape index (κ1) is 19.6. The molecule has 5 nitrogen and oxygen atoms in total. The average molecular weight is 401 g/mol. The van der Waals surface area contributed by atoms with E-state index in [1.807, 2.05) is 34.2 Å². The molecule has 7 heteroatoms. The molecule has 1 aromatic carbocycles. The van der Waals surface area contributed by atoms with Crippen LogP contribution in [0.2, 0.25) is 0 Å². The van der Waals surface area contributed by atoms with Gasteiger partial charge in [-0.3, -0.25) is 4.79 Å². The summed E-state index contributed by atoms with van der Waals surface area (Å²) >= 11 is 3.05. The maximum absolute atomic E-state index is 12.3. The predicted octanol–water partition coefficient (Wildman–Crippen LogP) is 5.10. The summed E-state index contributed by atoms with van der Waals surface area (Å²) in [5.74, 6) is 1.13. The van der Waals surface area contributed by atoms with Crippen molar-refractivity contribution in [2.75, 3.05) is 11.1 Å². The van der Waals surface area contributed by atoms with E-state index in [4.69, 9.17) is 0 Å². The highest BCUT2D eigenvalue weighted by Gasteiger charge is 2.15. The molecule has 3 rings (SSSR count). The number of amides is 1. The van der Waals surface area contributed by atoms with Crippen molar-refractivity contribution in [3.05, 3.63) is 47.3 Å². The Kier molecular flexibility index (Phi) is 7.06. The molecule has 27 heavy (non-hydrogen) atoms. The van der Waals surface area contributed by atoms with E-state index in [2.05, 4.69) is 41.5 Å². The fraction of sp³-hybridized carbons (Fsp3) is 0.350.